The molecule has 0 saturated carbocycles. The molecule has 0 fully saturated rings. The summed E-state index contributed by atoms with van der Waals surface area (Å²) in [6, 6.07) is 4.44. The van der Waals surface area contributed by atoms with Crippen molar-refractivity contribution in [3.8, 4) is 11.4 Å². The van der Waals surface area contributed by atoms with Crippen LogP contribution in [0.15, 0.2) is 27.5 Å². The Bertz CT molecular complexity index is 717. The standard InChI is InChI=1S/C15H16BrFN2O/c1-8-5-6-9(17)7-10(8)13-18-12(15(2,3)4)11(16)14(20)19-13/h5-7H,1-4H3,(H,18,19,20). The topological polar surface area (TPSA) is 45.8 Å². The lowest BCUT2D eigenvalue weighted by Gasteiger charge is -2.20. The number of nitrogens with one attached hydrogen (secondary N) is 1. The predicted octanol–water partition coefficient (Wildman–Crippen LogP) is 3.94. The molecule has 0 atom stereocenters. The molecule has 2 aromatic rings. The van der Waals surface area contributed by atoms with Crippen LogP contribution >= 0.6 is 15.9 Å². The molecule has 1 heterocycles. The molecule has 20 heavy (non-hydrogen) atoms. The van der Waals surface area contributed by atoms with E-state index in [4.69, 9.17) is 0 Å². The summed E-state index contributed by atoms with van der Waals surface area (Å²) in [5, 5.41) is 0. The van der Waals surface area contributed by atoms with Gasteiger partial charge in [-0.25, -0.2) is 9.37 Å². The minimum absolute atomic E-state index is 0.261. The molecule has 0 spiro atoms. The van der Waals surface area contributed by atoms with Crippen LogP contribution in [0, 0.1) is 12.7 Å². The number of hydrogen-bond donors (Lipinski definition) is 1. The van der Waals surface area contributed by atoms with Gasteiger partial charge in [-0.15, -0.1) is 0 Å². The normalized spacial score (nSPS) is 11.7. The zero-order chi connectivity index (χ0) is 15.1. The summed E-state index contributed by atoms with van der Waals surface area (Å²) in [5.41, 5.74) is 1.56. The van der Waals surface area contributed by atoms with Crippen LogP contribution < -0.4 is 5.56 Å². The van der Waals surface area contributed by atoms with E-state index in [1.165, 1.54) is 12.1 Å². The lowest BCUT2D eigenvalue weighted by Crippen LogP contribution is -2.22. The summed E-state index contributed by atoms with van der Waals surface area (Å²) < 4.78 is 13.8. The number of aromatic nitrogens is 2. The van der Waals surface area contributed by atoms with Gasteiger partial charge >= 0.3 is 0 Å². The van der Waals surface area contributed by atoms with Gasteiger partial charge in [0.15, 0.2) is 0 Å². The van der Waals surface area contributed by atoms with Gasteiger partial charge in [0.05, 0.1) is 5.69 Å². The highest BCUT2D eigenvalue weighted by Gasteiger charge is 2.22. The maximum atomic E-state index is 13.4. The van der Waals surface area contributed by atoms with Crippen molar-refractivity contribution in [1.82, 2.24) is 9.97 Å². The molecular weight excluding hydrogens is 323 g/mol. The van der Waals surface area contributed by atoms with E-state index in [2.05, 4.69) is 25.9 Å². The molecule has 106 valence electrons. The van der Waals surface area contributed by atoms with Gasteiger partial charge < -0.3 is 4.98 Å². The monoisotopic (exact) mass is 338 g/mol. The van der Waals surface area contributed by atoms with E-state index in [9.17, 15) is 9.18 Å². The Morgan fingerprint density at radius 2 is 1.95 bits per heavy atom. The van der Waals surface area contributed by atoms with Crippen LogP contribution in [0.2, 0.25) is 0 Å². The lowest BCUT2D eigenvalue weighted by atomic mass is 9.92. The highest BCUT2D eigenvalue weighted by molar-refractivity contribution is 9.10. The van der Waals surface area contributed by atoms with Crippen molar-refractivity contribution in [2.75, 3.05) is 0 Å². The smallest absolute Gasteiger partial charge is 0.265 e. The van der Waals surface area contributed by atoms with Crippen molar-refractivity contribution in [3.63, 3.8) is 0 Å². The molecule has 0 amide bonds. The molecule has 5 heteroatoms. The van der Waals surface area contributed by atoms with Gasteiger partial charge in [0.2, 0.25) is 0 Å². The van der Waals surface area contributed by atoms with E-state index in [1.54, 1.807) is 6.07 Å². The third-order valence-corrected chi connectivity index (χ3v) is 3.76. The number of H-pyrrole nitrogens is 1. The highest BCUT2D eigenvalue weighted by Crippen LogP contribution is 2.28. The van der Waals surface area contributed by atoms with Crippen LogP contribution in [0.25, 0.3) is 11.4 Å². The van der Waals surface area contributed by atoms with Crippen molar-refractivity contribution in [1.29, 1.82) is 0 Å². The van der Waals surface area contributed by atoms with Crippen molar-refractivity contribution in [3.05, 3.63) is 50.1 Å². The van der Waals surface area contributed by atoms with Gasteiger partial charge in [0, 0.05) is 11.0 Å². The molecule has 0 saturated heterocycles. The number of halogens is 2. The molecular formula is C15H16BrFN2O. The van der Waals surface area contributed by atoms with Crippen molar-refractivity contribution in [2.45, 2.75) is 33.1 Å². The van der Waals surface area contributed by atoms with Crippen LogP contribution in [0.1, 0.15) is 32.0 Å². The first kappa shape index (κ1) is 14.9. The molecule has 2 rings (SSSR count). The summed E-state index contributed by atoms with van der Waals surface area (Å²) in [5.74, 6) is 0.0357. The van der Waals surface area contributed by atoms with Crippen LogP contribution in [-0.4, -0.2) is 9.97 Å². The first-order valence-electron chi connectivity index (χ1n) is 6.27. The minimum atomic E-state index is -0.353. The maximum absolute atomic E-state index is 13.4. The molecule has 0 radical (unpaired) electrons. The second-order valence-electron chi connectivity index (χ2n) is 5.79. The van der Waals surface area contributed by atoms with E-state index < -0.39 is 0 Å². The van der Waals surface area contributed by atoms with Gasteiger partial charge in [-0.3, -0.25) is 4.79 Å². The molecule has 1 N–H and O–H groups in total. The van der Waals surface area contributed by atoms with Gasteiger partial charge in [-0.05, 0) is 40.5 Å². The second kappa shape index (κ2) is 5.13. The van der Waals surface area contributed by atoms with Crippen molar-refractivity contribution in [2.24, 2.45) is 0 Å². The number of aromatic amines is 1. The lowest BCUT2D eigenvalue weighted by molar-refractivity contribution is 0.562. The number of rotatable bonds is 1. The third kappa shape index (κ3) is 2.82. The molecule has 0 aliphatic heterocycles. The predicted molar refractivity (Wildman–Crippen MR) is 81.4 cm³/mol. The fourth-order valence-corrected chi connectivity index (χ4v) is 2.72. The molecule has 1 aromatic carbocycles. The van der Waals surface area contributed by atoms with E-state index in [0.717, 1.165) is 5.56 Å². The fourth-order valence-electron chi connectivity index (χ4n) is 1.93. The molecule has 0 bridgehead atoms. The van der Waals surface area contributed by atoms with Crippen LogP contribution in [-0.2, 0) is 5.41 Å². The Balaban J connectivity index is 2.74. The third-order valence-electron chi connectivity index (χ3n) is 3.03. The summed E-state index contributed by atoms with van der Waals surface area (Å²) in [6.45, 7) is 7.78. The fraction of sp³-hybridized carbons (Fsp3) is 0.333. The first-order valence-corrected chi connectivity index (χ1v) is 7.06. The van der Waals surface area contributed by atoms with Gasteiger partial charge in [-0.2, -0.15) is 0 Å². The van der Waals surface area contributed by atoms with Crippen molar-refractivity contribution >= 4 is 15.9 Å². The van der Waals surface area contributed by atoms with Crippen LogP contribution in [0.5, 0.6) is 0 Å². The Morgan fingerprint density at radius 3 is 2.55 bits per heavy atom. The Kier molecular flexibility index (Phi) is 3.82. The highest BCUT2D eigenvalue weighted by atomic mass is 79.9. The van der Waals surface area contributed by atoms with Gasteiger partial charge in [0.1, 0.15) is 16.1 Å². The summed E-state index contributed by atoms with van der Waals surface area (Å²) in [7, 11) is 0. The molecule has 0 unspecified atom stereocenters. The summed E-state index contributed by atoms with van der Waals surface area (Å²) in [6.07, 6.45) is 0. The largest absolute Gasteiger partial charge is 0.306 e. The van der Waals surface area contributed by atoms with Gasteiger partial charge in [-0.1, -0.05) is 26.8 Å². The number of aryl methyl sites for hydroxylation is 1. The Labute approximate surface area is 125 Å². The quantitative estimate of drug-likeness (QED) is 0.855. The Hall–Kier alpha value is -1.49. The molecule has 0 aliphatic carbocycles. The van der Waals surface area contributed by atoms with Crippen LogP contribution in [0.4, 0.5) is 4.39 Å². The van der Waals surface area contributed by atoms with Crippen LogP contribution in [0.3, 0.4) is 0 Å². The first-order chi connectivity index (χ1) is 9.20. The van der Waals surface area contributed by atoms with E-state index in [0.29, 0.717) is 21.6 Å². The Morgan fingerprint density at radius 1 is 1.30 bits per heavy atom. The van der Waals surface area contributed by atoms with E-state index in [-0.39, 0.29) is 16.8 Å². The van der Waals surface area contributed by atoms with Gasteiger partial charge in [0.25, 0.3) is 5.56 Å². The summed E-state index contributed by atoms with van der Waals surface area (Å²) in [4.78, 5) is 19.2. The SMILES string of the molecule is Cc1ccc(F)cc1-c1nc(C(C)(C)C)c(Br)c(=O)[nH]1. The minimum Gasteiger partial charge on any atom is -0.306 e. The van der Waals surface area contributed by atoms with E-state index >= 15 is 0 Å². The zero-order valence-corrected chi connectivity index (χ0v) is 13.4. The summed E-state index contributed by atoms with van der Waals surface area (Å²) >= 11 is 3.28. The molecule has 0 aliphatic rings. The van der Waals surface area contributed by atoms with Crippen molar-refractivity contribution < 1.29 is 4.39 Å². The molecule has 1 aromatic heterocycles. The molecule has 3 nitrogen and oxygen atoms in total. The zero-order valence-electron chi connectivity index (χ0n) is 11.8. The number of hydrogen-bond acceptors (Lipinski definition) is 2. The maximum Gasteiger partial charge on any atom is 0.265 e. The van der Waals surface area contributed by atoms with E-state index in [1.807, 2.05) is 27.7 Å². The second-order valence-corrected chi connectivity index (χ2v) is 6.58. The number of nitrogens with zero attached hydrogens (tertiary/aromatic N) is 1. The average molecular weight is 339 g/mol. The number of benzene rings is 1. The average Bonchev–Trinajstić information content (AvgIpc) is 2.34.